The number of carbonyl (C=O) groups excluding carboxylic acids is 2. The molecule has 0 fully saturated rings. The van der Waals surface area contributed by atoms with Gasteiger partial charge in [-0.3, -0.25) is 0 Å². The average Bonchev–Trinajstić information content (AvgIpc) is 3.00. The molecule has 0 spiro atoms. The van der Waals surface area contributed by atoms with Crippen LogP contribution in [0.1, 0.15) is 43.4 Å². The second-order valence-electron chi connectivity index (χ2n) is 11.0. The number of likely N-dealkylation sites (N-methyl/N-ethyl adjacent to an activating group) is 1. The zero-order valence-corrected chi connectivity index (χ0v) is 35.8. The third-order valence-corrected chi connectivity index (χ3v) is 18.1. The molecule has 2 amide bonds. The van der Waals surface area contributed by atoms with Gasteiger partial charge in [0.25, 0.3) is 0 Å². The first-order valence-corrected chi connectivity index (χ1v) is 23.7. The molecular formula is C30H29F5I5N4O3-. The van der Waals surface area contributed by atoms with E-state index >= 15 is 0 Å². The summed E-state index contributed by atoms with van der Waals surface area (Å²) in [7, 11) is 1.51. The zero-order chi connectivity index (χ0) is 35.1. The Morgan fingerprint density at radius 3 is 2.45 bits per heavy atom. The molecule has 47 heavy (non-hydrogen) atoms. The Balaban J connectivity index is 1.79. The maximum atomic E-state index is 14.7. The van der Waals surface area contributed by atoms with Gasteiger partial charge in [-0.2, -0.15) is 0 Å². The number of nitrogens with zero attached hydrogens (tertiary/aromatic N) is 3. The number of rotatable bonds is 10. The van der Waals surface area contributed by atoms with Gasteiger partial charge in [-0.1, -0.05) is 34.7 Å². The van der Waals surface area contributed by atoms with Gasteiger partial charge in [-0.05, 0) is 19.9 Å². The molecule has 2 aliphatic heterocycles. The van der Waals surface area contributed by atoms with Crippen LogP contribution in [-0.4, -0.2) is 56.4 Å². The molecule has 0 radical (unpaired) electrons. The number of anilines is 1. The van der Waals surface area contributed by atoms with Crippen LogP contribution in [0.5, 0.6) is 0 Å². The fourth-order valence-corrected chi connectivity index (χ4v) is 9.26. The summed E-state index contributed by atoms with van der Waals surface area (Å²) in [5.74, 6) is -4.63. The first kappa shape index (κ1) is 39.2. The first-order valence-electron chi connectivity index (χ1n) is 13.6. The van der Waals surface area contributed by atoms with E-state index in [2.05, 4.69) is 82.6 Å². The van der Waals surface area contributed by atoms with Crippen LogP contribution in [0.3, 0.4) is 0 Å². The summed E-state index contributed by atoms with van der Waals surface area (Å²) in [6.07, 6.45) is 1.26. The number of hydrogen-bond acceptors (Lipinski definition) is 5. The van der Waals surface area contributed by atoms with Crippen LogP contribution in [0.15, 0.2) is 58.9 Å². The van der Waals surface area contributed by atoms with Gasteiger partial charge >= 0.3 is 242 Å². The van der Waals surface area contributed by atoms with Gasteiger partial charge in [0.1, 0.15) is 0 Å². The van der Waals surface area contributed by atoms with E-state index in [1.54, 1.807) is 32.0 Å². The van der Waals surface area contributed by atoms with Crippen molar-refractivity contribution in [1.29, 1.82) is 0 Å². The fraction of sp³-hybridized carbons (Fsp3) is 0.333. The van der Waals surface area contributed by atoms with Crippen LogP contribution in [0, 0.1) is 11.6 Å². The second-order valence-corrected chi connectivity index (χ2v) is 30.5. The zero-order valence-electron chi connectivity index (χ0n) is 25.0. The quantitative estimate of drug-likeness (QED) is 0.133. The van der Waals surface area contributed by atoms with Crippen LogP contribution >= 0.6 is 88.5 Å². The number of hydrogen-bond donors (Lipinski definition) is 2. The summed E-state index contributed by atoms with van der Waals surface area (Å²) < 4.78 is 71.1. The summed E-state index contributed by atoms with van der Waals surface area (Å²) in [6, 6.07) is 7.87. The number of nitrogens with one attached hydrogen (secondary N) is 1. The number of aliphatic imine (C=N–C) groups is 1. The van der Waals surface area contributed by atoms with E-state index < -0.39 is 99.5 Å². The van der Waals surface area contributed by atoms with Crippen molar-refractivity contribution in [2.24, 2.45) is 4.99 Å². The standard InChI is InChI=1S/C30H29F5I5N4O3/c1-29(2,36)26-25(45)23(28(47)44(43(26)4)14-17-6-5-7-20(32)24(17)33)27(46)42-21-10-9-18(30(37,38)39-3)12-19(21)16-8-11-22(41-13-16)40(34,35)15-31/h5-7,9-10,12-13,26,45H,3,8,11,14-15H2,1-2,4H3,(H,42,46)/q-1. The van der Waals surface area contributed by atoms with Gasteiger partial charge in [0.15, 0.2) is 11.6 Å². The number of amides is 2. The topological polar surface area (TPSA) is 85.2 Å². The molecule has 0 saturated heterocycles. The molecule has 2 heterocycles. The summed E-state index contributed by atoms with van der Waals surface area (Å²) in [5, 5.41) is 16.6. The van der Waals surface area contributed by atoms with Crippen LogP contribution < -0.4 is 24.9 Å². The molecule has 17 heteroatoms. The predicted molar refractivity (Wildman–Crippen MR) is 205 cm³/mol. The van der Waals surface area contributed by atoms with E-state index in [0.717, 1.165) is 16.6 Å². The average molecular weight is 1220 g/mol. The van der Waals surface area contributed by atoms with Gasteiger partial charge in [0.05, 0.1) is 0 Å². The molecule has 0 bridgehead atoms. The molecule has 0 saturated carbocycles. The van der Waals surface area contributed by atoms with Gasteiger partial charge in [0.2, 0.25) is 0 Å². The Hall–Kier alpha value is -0.540. The fourth-order valence-electron chi connectivity index (χ4n) is 5.18. The summed E-state index contributed by atoms with van der Waals surface area (Å²) in [5.41, 5.74) is 1.37. The van der Waals surface area contributed by atoms with Crippen molar-refractivity contribution in [2.45, 2.75) is 42.1 Å². The Bertz CT molecular complexity index is 1710. The van der Waals surface area contributed by atoms with E-state index in [4.69, 9.17) is 0 Å². The van der Waals surface area contributed by atoms with E-state index in [1.807, 2.05) is 0 Å². The normalized spacial score (nSPS) is 18.7. The first-order chi connectivity index (χ1) is 21.8. The second kappa shape index (κ2) is 15.4. The van der Waals surface area contributed by atoms with Crippen molar-refractivity contribution in [2.75, 3.05) is 17.0 Å². The SMILES string of the molecule is C=IC(I)(I)c1ccc(NC(=O)C2=C(O)C(C(C)(C)I)N(C)N(Cc3cccc(F)c3F)C2=O)c(C2=CN=C([I-](F)(F)CF)CC2)c1. The molecule has 1 atom stereocenters. The van der Waals surface area contributed by atoms with Crippen molar-refractivity contribution in [3.8, 4) is 0 Å². The number of benzene rings is 2. The van der Waals surface area contributed by atoms with E-state index in [9.17, 15) is 33.6 Å². The molecule has 4 rings (SSSR count). The van der Waals surface area contributed by atoms with Crippen molar-refractivity contribution in [3.63, 3.8) is 0 Å². The van der Waals surface area contributed by atoms with Crippen LogP contribution in [0.2, 0.25) is 0 Å². The van der Waals surface area contributed by atoms with Crippen LogP contribution in [0.25, 0.3) is 5.57 Å². The minimum absolute atomic E-state index is 0.120. The van der Waals surface area contributed by atoms with Gasteiger partial charge in [-0.25, -0.2) is 8.78 Å². The maximum absolute atomic E-state index is 14.7. The molecule has 1 unspecified atom stereocenters. The monoisotopic (exact) mass is 1220 g/mol. The molecule has 2 aromatic rings. The predicted octanol–water partition coefficient (Wildman–Crippen LogP) is 5.96. The third kappa shape index (κ3) is 8.51. The molecule has 2 aliphatic rings. The molecule has 0 aliphatic carbocycles. The van der Waals surface area contributed by atoms with E-state index in [-0.39, 0.29) is 23.5 Å². The Labute approximate surface area is 325 Å². The van der Waals surface area contributed by atoms with Crippen molar-refractivity contribution in [1.82, 2.24) is 10.0 Å². The summed E-state index contributed by atoms with van der Waals surface area (Å²) in [6.45, 7) is 3.13. The van der Waals surface area contributed by atoms with Crippen molar-refractivity contribution in [3.05, 3.63) is 82.3 Å². The van der Waals surface area contributed by atoms with Gasteiger partial charge < -0.3 is 0 Å². The van der Waals surface area contributed by atoms with Crippen LogP contribution in [-0.2, 0) is 15.6 Å². The van der Waals surface area contributed by atoms with Gasteiger partial charge in [-0.15, -0.1) is 0 Å². The Morgan fingerprint density at radius 1 is 1.19 bits per heavy atom. The summed E-state index contributed by atoms with van der Waals surface area (Å²) >= 11 is 0.320. The number of allylic oxidation sites excluding steroid dienone is 1. The van der Waals surface area contributed by atoms with Crippen LogP contribution in [0.4, 0.5) is 24.6 Å². The minimum atomic E-state index is -5.73. The molecular weight excluding hydrogens is 1190 g/mol. The van der Waals surface area contributed by atoms with E-state index in [0.29, 0.717) is 11.1 Å². The number of halogens is 10. The summed E-state index contributed by atoms with van der Waals surface area (Å²) in [4.78, 5) is 31.8. The molecule has 2 N–H and O–H groups in total. The van der Waals surface area contributed by atoms with E-state index in [1.165, 1.54) is 30.4 Å². The molecule has 2 aromatic carbocycles. The molecule has 0 aromatic heterocycles. The van der Waals surface area contributed by atoms with Gasteiger partial charge in [0, 0.05) is 12.6 Å². The molecule has 258 valence electrons. The number of aliphatic hydroxyl groups is 1. The Kier molecular flexibility index (Phi) is 12.8. The number of alkyl halides is 6. The third-order valence-electron chi connectivity index (χ3n) is 7.46. The van der Waals surface area contributed by atoms with Crippen molar-refractivity contribution >= 4 is 120 Å². The number of aliphatic hydroxyl groups excluding tert-OH is 1. The number of hydrazine groups is 1. The number of carbonyl (C=O) groups is 2. The Morgan fingerprint density at radius 2 is 1.87 bits per heavy atom. The molecule has 7 nitrogen and oxygen atoms in total. The van der Waals surface area contributed by atoms with Crippen molar-refractivity contribution < 1.29 is 53.2 Å².